The van der Waals surface area contributed by atoms with Crippen LogP contribution in [0.4, 0.5) is 18.9 Å². The highest BCUT2D eigenvalue weighted by molar-refractivity contribution is 5.93. The maximum absolute atomic E-state index is 13.4. The van der Waals surface area contributed by atoms with Crippen LogP contribution in [-0.2, 0) is 20.7 Å². The molecule has 9 heteroatoms. The molecule has 0 aliphatic carbocycles. The van der Waals surface area contributed by atoms with Crippen LogP contribution < -0.4 is 14.8 Å². The molecule has 1 aliphatic heterocycles. The predicted molar refractivity (Wildman–Crippen MR) is 82.3 cm³/mol. The highest BCUT2D eigenvalue weighted by Crippen LogP contribution is 2.42. The van der Waals surface area contributed by atoms with Crippen LogP contribution in [0.15, 0.2) is 42.5 Å². The van der Waals surface area contributed by atoms with E-state index in [9.17, 15) is 22.8 Å². The molecule has 0 saturated carbocycles. The summed E-state index contributed by atoms with van der Waals surface area (Å²) in [7, 11) is 0. The summed E-state index contributed by atoms with van der Waals surface area (Å²) < 4.78 is 52.6. The number of esters is 1. The van der Waals surface area contributed by atoms with Crippen LogP contribution in [0.2, 0.25) is 0 Å². The van der Waals surface area contributed by atoms with Crippen LogP contribution in [0.3, 0.4) is 0 Å². The zero-order valence-electron chi connectivity index (χ0n) is 13.1. The topological polar surface area (TPSA) is 73.9 Å². The molecule has 0 aromatic heterocycles. The first kappa shape index (κ1) is 17.6. The van der Waals surface area contributed by atoms with Gasteiger partial charge < -0.3 is 19.5 Å². The number of anilines is 1. The van der Waals surface area contributed by atoms with Crippen molar-refractivity contribution in [2.45, 2.75) is 12.7 Å². The maximum atomic E-state index is 13.4. The average Bonchev–Trinajstić information content (AvgIpc) is 2.88. The van der Waals surface area contributed by atoms with E-state index in [1.54, 1.807) is 6.07 Å². The Balaban J connectivity index is 1.51. The molecule has 2 aromatic rings. The zero-order chi connectivity index (χ0) is 18.7. The molecule has 3 rings (SSSR count). The molecule has 0 radical (unpaired) electrons. The Hall–Kier alpha value is -3.23. The van der Waals surface area contributed by atoms with Gasteiger partial charge in [0.05, 0.1) is 6.42 Å². The average molecular weight is 367 g/mol. The van der Waals surface area contributed by atoms with Crippen molar-refractivity contribution in [2.75, 3.05) is 11.9 Å². The molecule has 136 valence electrons. The maximum Gasteiger partial charge on any atom is 0.586 e. The second kappa shape index (κ2) is 6.95. The highest BCUT2D eigenvalue weighted by Gasteiger charge is 2.43. The van der Waals surface area contributed by atoms with Crippen molar-refractivity contribution in [3.05, 3.63) is 53.8 Å². The Bertz CT molecular complexity index is 856. The predicted octanol–water partition coefficient (Wildman–Crippen LogP) is 2.87. The summed E-state index contributed by atoms with van der Waals surface area (Å²) >= 11 is 0. The monoisotopic (exact) mass is 367 g/mol. The summed E-state index contributed by atoms with van der Waals surface area (Å²) in [4.78, 5) is 23.4. The molecule has 0 spiro atoms. The number of hydrogen-bond acceptors (Lipinski definition) is 5. The van der Waals surface area contributed by atoms with Crippen LogP contribution in [0, 0.1) is 5.82 Å². The fraction of sp³-hybridized carbons (Fsp3) is 0.176. The molecule has 26 heavy (non-hydrogen) atoms. The van der Waals surface area contributed by atoms with Crippen molar-refractivity contribution < 1.29 is 37.0 Å². The third-order valence-corrected chi connectivity index (χ3v) is 3.34. The summed E-state index contributed by atoms with van der Waals surface area (Å²) in [5.41, 5.74) is 0.301. The first-order valence-electron chi connectivity index (χ1n) is 7.41. The number of ether oxygens (including phenoxy) is 3. The van der Waals surface area contributed by atoms with Crippen LogP contribution >= 0.6 is 0 Å². The van der Waals surface area contributed by atoms with Crippen molar-refractivity contribution in [1.29, 1.82) is 0 Å². The van der Waals surface area contributed by atoms with Crippen molar-refractivity contribution >= 4 is 17.6 Å². The lowest BCUT2D eigenvalue weighted by Gasteiger charge is -2.07. The third-order valence-electron chi connectivity index (χ3n) is 3.34. The van der Waals surface area contributed by atoms with E-state index >= 15 is 0 Å². The normalized spacial score (nSPS) is 14.0. The molecule has 6 nitrogen and oxygen atoms in total. The van der Waals surface area contributed by atoms with Gasteiger partial charge in [-0.25, -0.2) is 4.39 Å². The Morgan fingerprint density at radius 1 is 1.08 bits per heavy atom. The summed E-state index contributed by atoms with van der Waals surface area (Å²) in [6.45, 7) is -0.613. The molecular formula is C17H12F3NO5. The van der Waals surface area contributed by atoms with Crippen LogP contribution in [-0.4, -0.2) is 24.8 Å². The fourth-order valence-corrected chi connectivity index (χ4v) is 2.22. The molecular weight excluding hydrogens is 355 g/mol. The standard InChI is InChI=1S/C17H12F3NO5/c18-12-4-2-1-3-10(12)7-16(23)24-9-15(22)21-11-5-6-13-14(8-11)26-17(19,20)25-13/h1-6,8H,7,9H2,(H,21,22). The number of nitrogens with one attached hydrogen (secondary N) is 1. The summed E-state index contributed by atoms with van der Waals surface area (Å²) in [5.74, 6) is -2.42. The van der Waals surface area contributed by atoms with E-state index in [2.05, 4.69) is 14.8 Å². The molecule has 0 unspecified atom stereocenters. The van der Waals surface area contributed by atoms with E-state index in [1.165, 1.54) is 30.3 Å². The van der Waals surface area contributed by atoms with E-state index < -0.39 is 30.6 Å². The van der Waals surface area contributed by atoms with Gasteiger partial charge in [-0.3, -0.25) is 9.59 Å². The van der Waals surface area contributed by atoms with E-state index in [-0.39, 0.29) is 29.2 Å². The van der Waals surface area contributed by atoms with Gasteiger partial charge in [-0.15, -0.1) is 8.78 Å². The van der Waals surface area contributed by atoms with Crippen LogP contribution in [0.1, 0.15) is 5.56 Å². The number of alkyl halides is 2. The minimum absolute atomic E-state index is 0.148. The van der Waals surface area contributed by atoms with Gasteiger partial charge >= 0.3 is 12.3 Å². The van der Waals surface area contributed by atoms with Gasteiger partial charge in [-0.05, 0) is 23.8 Å². The minimum atomic E-state index is -3.76. The van der Waals surface area contributed by atoms with Gasteiger partial charge in [0.2, 0.25) is 0 Å². The molecule has 0 fully saturated rings. The van der Waals surface area contributed by atoms with Gasteiger partial charge in [0.1, 0.15) is 5.82 Å². The smallest absolute Gasteiger partial charge is 0.455 e. The fourth-order valence-electron chi connectivity index (χ4n) is 2.22. The number of fused-ring (bicyclic) bond motifs is 1. The summed E-state index contributed by atoms with van der Waals surface area (Å²) in [6, 6.07) is 9.37. The van der Waals surface area contributed by atoms with Gasteiger partial charge in [0.25, 0.3) is 5.91 Å². The Morgan fingerprint density at radius 3 is 2.58 bits per heavy atom. The molecule has 0 atom stereocenters. The lowest BCUT2D eigenvalue weighted by molar-refractivity contribution is -0.286. The molecule has 1 N–H and O–H groups in total. The summed E-state index contributed by atoms with van der Waals surface area (Å²) in [5, 5.41) is 2.36. The van der Waals surface area contributed by atoms with Crippen molar-refractivity contribution in [3.8, 4) is 11.5 Å². The van der Waals surface area contributed by atoms with E-state index in [4.69, 9.17) is 4.74 Å². The van der Waals surface area contributed by atoms with Gasteiger partial charge in [-0.2, -0.15) is 0 Å². The number of amides is 1. The second-order valence-corrected chi connectivity index (χ2v) is 5.31. The largest absolute Gasteiger partial charge is 0.586 e. The molecule has 1 amide bonds. The Morgan fingerprint density at radius 2 is 1.81 bits per heavy atom. The lowest BCUT2D eigenvalue weighted by atomic mass is 10.1. The quantitative estimate of drug-likeness (QED) is 0.823. The number of rotatable bonds is 5. The molecule has 1 aliphatic rings. The van der Waals surface area contributed by atoms with E-state index in [0.717, 1.165) is 6.07 Å². The summed E-state index contributed by atoms with van der Waals surface area (Å²) in [6.07, 6.45) is -4.08. The van der Waals surface area contributed by atoms with Crippen molar-refractivity contribution in [2.24, 2.45) is 0 Å². The number of halogens is 3. The number of carbonyl (C=O) groups excluding carboxylic acids is 2. The Kier molecular flexibility index (Phi) is 4.70. The van der Waals surface area contributed by atoms with Crippen molar-refractivity contribution in [1.82, 2.24) is 0 Å². The van der Waals surface area contributed by atoms with E-state index in [0.29, 0.717) is 0 Å². The lowest BCUT2D eigenvalue weighted by Crippen LogP contribution is -2.25. The zero-order valence-corrected chi connectivity index (χ0v) is 13.1. The van der Waals surface area contributed by atoms with Crippen LogP contribution in [0.5, 0.6) is 11.5 Å². The first-order chi connectivity index (χ1) is 12.3. The first-order valence-corrected chi connectivity index (χ1v) is 7.41. The van der Waals surface area contributed by atoms with Gasteiger partial charge in [0.15, 0.2) is 18.1 Å². The molecule has 2 aromatic carbocycles. The molecule has 0 saturated heterocycles. The van der Waals surface area contributed by atoms with E-state index in [1.807, 2.05) is 0 Å². The Labute approximate surface area is 145 Å². The second-order valence-electron chi connectivity index (χ2n) is 5.31. The van der Waals surface area contributed by atoms with Crippen molar-refractivity contribution in [3.63, 3.8) is 0 Å². The third kappa shape index (κ3) is 4.24. The number of hydrogen-bond donors (Lipinski definition) is 1. The molecule has 0 bridgehead atoms. The van der Waals surface area contributed by atoms with Crippen LogP contribution in [0.25, 0.3) is 0 Å². The SMILES string of the molecule is O=C(COC(=O)Cc1ccccc1F)Nc1ccc2c(c1)OC(F)(F)O2. The number of benzene rings is 2. The minimum Gasteiger partial charge on any atom is -0.455 e. The number of carbonyl (C=O) groups is 2. The molecule has 1 heterocycles. The van der Waals surface area contributed by atoms with Gasteiger partial charge in [0, 0.05) is 11.8 Å². The van der Waals surface area contributed by atoms with Gasteiger partial charge in [-0.1, -0.05) is 18.2 Å². The highest BCUT2D eigenvalue weighted by atomic mass is 19.3.